The topological polar surface area (TPSA) is 41.0 Å². The summed E-state index contributed by atoms with van der Waals surface area (Å²) < 4.78 is 0. The van der Waals surface area contributed by atoms with Crippen LogP contribution in [-0.4, -0.2) is 22.6 Å². The standard InChI is InChI=1S/C17H22N4/c1-4-12(2)18-16-11-17(20-13(3)19-16)21-10-9-14-7-5-6-8-15(14)21/h5-8,11-12H,4,9-10H2,1-3H3,(H,18,19,20). The quantitative estimate of drug-likeness (QED) is 0.928. The lowest BCUT2D eigenvalue weighted by Crippen LogP contribution is -2.18. The lowest BCUT2D eigenvalue weighted by atomic mass is 10.2. The molecule has 0 amide bonds. The molecule has 1 atom stereocenters. The van der Waals surface area contributed by atoms with E-state index in [2.05, 4.69) is 64.4 Å². The number of fused-ring (bicyclic) bond motifs is 1. The normalized spacial score (nSPS) is 14.9. The molecule has 1 N–H and O–H groups in total. The maximum atomic E-state index is 4.62. The molecule has 1 aromatic carbocycles. The molecule has 0 radical (unpaired) electrons. The summed E-state index contributed by atoms with van der Waals surface area (Å²) in [5, 5.41) is 3.44. The lowest BCUT2D eigenvalue weighted by Gasteiger charge is -2.20. The molecule has 4 heteroatoms. The van der Waals surface area contributed by atoms with Crippen LogP contribution in [0.2, 0.25) is 0 Å². The summed E-state index contributed by atoms with van der Waals surface area (Å²) in [5.41, 5.74) is 2.66. The number of benzene rings is 1. The van der Waals surface area contributed by atoms with E-state index in [1.165, 1.54) is 11.3 Å². The summed E-state index contributed by atoms with van der Waals surface area (Å²) in [6.45, 7) is 7.28. The fourth-order valence-corrected chi connectivity index (χ4v) is 2.69. The van der Waals surface area contributed by atoms with Gasteiger partial charge in [-0.25, -0.2) is 9.97 Å². The summed E-state index contributed by atoms with van der Waals surface area (Å²) >= 11 is 0. The van der Waals surface area contributed by atoms with Gasteiger partial charge < -0.3 is 10.2 Å². The Hall–Kier alpha value is -2.10. The van der Waals surface area contributed by atoms with Crippen LogP contribution in [0.15, 0.2) is 30.3 Å². The van der Waals surface area contributed by atoms with Gasteiger partial charge in [0.2, 0.25) is 0 Å². The number of para-hydroxylation sites is 1. The molecular weight excluding hydrogens is 260 g/mol. The van der Waals surface area contributed by atoms with Crippen LogP contribution in [0.4, 0.5) is 17.3 Å². The van der Waals surface area contributed by atoms with E-state index in [0.717, 1.165) is 36.8 Å². The monoisotopic (exact) mass is 282 g/mol. The molecule has 110 valence electrons. The molecule has 0 aliphatic carbocycles. The molecule has 2 heterocycles. The van der Waals surface area contributed by atoms with Crippen LogP contribution in [0, 0.1) is 6.92 Å². The Morgan fingerprint density at radius 3 is 2.90 bits per heavy atom. The predicted molar refractivity (Wildman–Crippen MR) is 87.3 cm³/mol. The SMILES string of the molecule is CCC(C)Nc1cc(N2CCc3ccccc32)nc(C)n1. The van der Waals surface area contributed by atoms with Crippen molar-refractivity contribution in [2.24, 2.45) is 0 Å². The van der Waals surface area contributed by atoms with Crippen molar-refractivity contribution in [3.63, 3.8) is 0 Å². The summed E-state index contributed by atoms with van der Waals surface area (Å²) in [5.74, 6) is 2.71. The highest BCUT2D eigenvalue weighted by Crippen LogP contribution is 2.33. The third kappa shape index (κ3) is 2.84. The predicted octanol–water partition coefficient (Wildman–Crippen LogP) is 3.69. The first-order valence-electron chi connectivity index (χ1n) is 7.65. The number of nitrogens with one attached hydrogen (secondary N) is 1. The van der Waals surface area contributed by atoms with Crippen LogP contribution in [-0.2, 0) is 6.42 Å². The lowest BCUT2D eigenvalue weighted by molar-refractivity contribution is 0.756. The van der Waals surface area contributed by atoms with Crippen molar-refractivity contribution in [3.8, 4) is 0 Å². The van der Waals surface area contributed by atoms with Crippen molar-refractivity contribution in [2.75, 3.05) is 16.8 Å². The first kappa shape index (κ1) is 13.9. The molecule has 0 fully saturated rings. The fourth-order valence-electron chi connectivity index (χ4n) is 2.69. The average molecular weight is 282 g/mol. The minimum atomic E-state index is 0.415. The van der Waals surface area contributed by atoms with Crippen molar-refractivity contribution in [2.45, 2.75) is 39.7 Å². The summed E-state index contributed by atoms with van der Waals surface area (Å²) in [6, 6.07) is 11.0. The molecule has 1 aliphatic heterocycles. The molecular formula is C17H22N4. The van der Waals surface area contributed by atoms with E-state index in [1.807, 2.05) is 6.92 Å². The number of hydrogen-bond donors (Lipinski definition) is 1. The number of aryl methyl sites for hydroxylation is 1. The van der Waals surface area contributed by atoms with Crippen LogP contribution < -0.4 is 10.2 Å². The summed E-state index contributed by atoms with van der Waals surface area (Å²) in [6.07, 6.45) is 2.15. The molecule has 1 unspecified atom stereocenters. The number of aromatic nitrogens is 2. The molecule has 21 heavy (non-hydrogen) atoms. The zero-order valence-electron chi connectivity index (χ0n) is 12.9. The number of nitrogens with zero attached hydrogens (tertiary/aromatic N) is 3. The third-order valence-electron chi connectivity index (χ3n) is 3.99. The molecule has 3 rings (SSSR count). The number of hydrogen-bond acceptors (Lipinski definition) is 4. The van der Waals surface area contributed by atoms with Gasteiger partial charge in [-0.1, -0.05) is 25.1 Å². The number of anilines is 3. The van der Waals surface area contributed by atoms with E-state index in [9.17, 15) is 0 Å². The highest BCUT2D eigenvalue weighted by atomic mass is 15.2. The van der Waals surface area contributed by atoms with Gasteiger partial charge in [-0.15, -0.1) is 0 Å². The fraction of sp³-hybridized carbons (Fsp3) is 0.412. The van der Waals surface area contributed by atoms with E-state index in [-0.39, 0.29) is 0 Å². The highest BCUT2D eigenvalue weighted by Gasteiger charge is 2.21. The van der Waals surface area contributed by atoms with E-state index >= 15 is 0 Å². The maximum Gasteiger partial charge on any atom is 0.138 e. The van der Waals surface area contributed by atoms with Crippen LogP contribution in [0.5, 0.6) is 0 Å². The minimum absolute atomic E-state index is 0.415. The Bertz CT molecular complexity index is 638. The Balaban J connectivity index is 1.93. The van der Waals surface area contributed by atoms with Gasteiger partial charge >= 0.3 is 0 Å². The smallest absolute Gasteiger partial charge is 0.138 e. The van der Waals surface area contributed by atoms with E-state index in [4.69, 9.17) is 0 Å². The van der Waals surface area contributed by atoms with Gasteiger partial charge in [-0.3, -0.25) is 0 Å². The molecule has 0 saturated carbocycles. The van der Waals surface area contributed by atoms with Gasteiger partial charge in [0.15, 0.2) is 0 Å². The Kier molecular flexibility index (Phi) is 3.78. The van der Waals surface area contributed by atoms with Gasteiger partial charge in [0.05, 0.1) is 0 Å². The maximum absolute atomic E-state index is 4.62. The largest absolute Gasteiger partial charge is 0.367 e. The number of rotatable bonds is 4. The molecule has 0 bridgehead atoms. The van der Waals surface area contributed by atoms with Gasteiger partial charge in [0.1, 0.15) is 17.5 Å². The van der Waals surface area contributed by atoms with Crippen molar-refractivity contribution in [3.05, 3.63) is 41.7 Å². The van der Waals surface area contributed by atoms with E-state index < -0.39 is 0 Å². The minimum Gasteiger partial charge on any atom is -0.367 e. The van der Waals surface area contributed by atoms with Crippen LogP contribution in [0.3, 0.4) is 0 Å². The zero-order valence-corrected chi connectivity index (χ0v) is 12.9. The van der Waals surface area contributed by atoms with Crippen molar-refractivity contribution >= 4 is 17.3 Å². The van der Waals surface area contributed by atoms with Gasteiger partial charge in [0, 0.05) is 24.3 Å². The molecule has 2 aromatic rings. The first-order valence-corrected chi connectivity index (χ1v) is 7.65. The van der Waals surface area contributed by atoms with Gasteiger partial charge in [-0.2, -0.15) is 0 Å². The molecule has 4 nitrogen and oxygen atoms in total. The van der Waals surface area contributed by atoms with Crippen molar-refractivity contribution in [1.82, 2.24) is 9.97 Å². The van der Waals surface area contributed by atoms with Crippen LogP contribution in [0.1, 0.15) is 31.7 Å². The second-order valence-corrected chi connectivity index (χ2v) is 5.64. The molecule has 0 spiro atoms. The zero-order chi connectivity index (χ0) is 14.8. The van der Waals surface area contributed by atoms with E-state index in [1.54, 1.807) is 0 Å². The third-order valence-corrected chi connectivity index (χ3v) is 3.99. The Labute approximate surface area is 126 Å². The highest BCUT2D eigenvalue weighted by molar-refractivity contribution is 5.68. The van der Waals surface area contributed by atoms with Crippen LogP contribution in [0.25, 0.3) is 0 Å². The van der Waals surface area contributed by atoms with Crippen molar-refractivity contribution < 1.29 is 0 Å². The van der Waals surface area contributed by atoms with Gasteiger partial charge in [-0.05, 0) is 38.3 Å². The van der Waals surface area contributed by atoms with Crippen LogP contribution >= 0.6 is 0 Å². The van der Waals surface area contributed by atoms with Crippen molar-refractivity contribution in [1.29, 1.82) is 0 Å². The second-order valence-electron chi connectivity index (χ2n) is 5.64. The first-order chi connectivity index (χ1) is 10.2. The molecule has 1 aromatic heterocycles. The van der Waals surface area contributed by atoms with Gasteiger partial charge in [0.25, 0.3) is 0 Å². The average Bonchev–Trinajstić information content (AvgIpc) is 2.90. The molecule has 0 saturated heterocycles. The Morgan fingerprint density at radius 2 is 2.10 bits per heavy atom. The summed E-state index contributed by atoms with van der Waals surface area (Å²) in [7, 11) is 0. The molecule has 1 aliphatic rings. The Morgan fingerprint density at radius 1 is 1.29 bits per heavy atom. The van der Waals surface area contributed by atoms with E-state index in [0.29, 0.717) is 6.04 Å². The second kappa shape index (κ2) is 5.72. The summed E-state index contributed by atoms with van der Waals surface area (Å²) in [4.78, 5) is 11.4.